The van der Waals surface area contributed by atoms with Crippen LogP contribution in [0.15, 0.2) is 28.7 Å². The predicted molar refractivity (Wildman–Crippen MR) is 85.8 cm³/mol. The second-order valence-electron chi connectivity index (χ2n) is 5.80. The molecule has 4 heteroatoms. The van der Waals surface area contributed by atoms with Crippen molar-refractivity contribution in [2.24, 2.45) is 0 Å². The summed E-state index contributed by atoms with van der Waals surface area (Å²) in [4.78, 5) is 12.1. The van der Waals surface area contributed by atoms with E-state index in [9.17, 15) is 4.79 Å². The maximum absolute atomic E-state index is 12.1. The third-order valence-corrected chi connectivity index (χ3v) is 4.45. The van der Waals surface area contributed by atoms with Crippen molar-refractivity contribution in [3.8, 4) is 0 Å². The van der Waals surface area contributed by atoms with Crippen LogP contribution in [0.1, 0.15) is 44.6 Å². The van der Waals surface area contributed by atoms with E-state index in [2.05, 4.69) is 52.5 Å². The molecule has 3 nitrogen and oxygen atoms in total. The fraction of sp³-hybridized carbons (Fsp3) is 0.562. The van der Waals surface area contributed by atoms with Crippen LogP contribution in [0.2, 0.25) is 0 Å². The van der Waals surface area contributed by atoms with Crippen molar-refractivity contribution in [2.45, 2.75) is 51.1 Å². The van der Waals surface area contributed by atoms with Crippen LogP contribution in [0, 0.1) is 0 Å². The maximum atomic E-state index is 12.1. The number of nitrogens with one attached hydrogen (secondary N) is 2. The van der Waals surface area contributed by atoms with Crippen molar-refractivity contribution in [2.75, 3.05) is 6.54 Å². The van der Waals surface area contributed by atoms with Gasteiger partial charge in [0.25, 0.3) is 0 Å². The summed E-state index contributed by atoms with van der Waals surface area (Å²) in [6.45, 7) is 5.27. The molecule has 1 saturated heterocycles. The molecule has 3 unspecified atom stereocenters. The summed E-state index contributed by atoms with van der Waals surface area (Å²) in [5.74, 6) is 0.418. The molecule has 1 aliphatic rings. The van der Waals surface area contributed by atoms with Gasteiger partial charge in [0.1, 0.15) is 0 Å². The van der Waals surface area contributed by atoms with E-state index >= 15 is 0 Å². The van der Waals surface area contributed by atoms with Gasteiger partial charge < -0.3 is 10.6 Å². The second-order valence-corrected chi connectivity index (χ2v) is 6.72. The summed E-state index contributed by atoms with van der Waals surface area (Å²) in [5.41, 5.74) is 1.21. The number of carbonyl (C=O) groups excluding carboxylic acids is 1. The van der Waals surface area contributed by atoms with Gasteiger partial charge in [-0.2, -0.15) is 0 Å². The third kappa shape index (κ3) is 4.60. The molecule has 3 atom stereocenters. The molecular formula is C16H23BrN2O. The van der Waals surface area contributed by atoms with Crippen molar-refractivity contribution in [1.29, 1.82) is 0 Å². The molecule has 2 rings (SSSR count). The molecule has 1 aromatic rings. The number of hydrogen-bond acceptors (Lipinski definition) is 2. The molecule has 0 spiro atoms. The van der Waals surface area contributed by atoms with Crippen LogP contribution in [0.3, 0.4) is 0 Å². The number of halogens is 1. The number of piperidine rings is 1. The third-order valence-electron chi connectivity index (χ3n) is 3.92. The fourth-order valence-electron chi connectivity index (χ4n) is 2.74. The van der Waals surface area contributed by atoms with E-state index in [1.807, 2.05) is 12.1 Å². The highest BCUT2D eigenvalue weighted by Crippen LogP contribution is 2.21. The lowest BCUT2D eigenvalue weighted by atomic mass is 9.96. The highest BCUT2D eigenvalue weighted by Gasteiger charge is 2.20. The molecule has 0 saturated carbocycles. The first-order valence-electron chi connectivity index (χ1n) is 7.33. The van der Waals surface area contributed by atoms with Crippen LogP contribution < -0.4 is 10.6 Å². The van der Waals surface area contributed by atoms with Gasteiger partial charge in [0, 0.05) is 23.0 Å². The molecule has 1 fully saturated rings. The molecule has 2 N–H and O–H groups in total. The van der Waals surface area contributed by atoms with Gasteiger partial charge in [-0.3, -0.25) is 4.79 Å². The molecule has 0 aliphatic carbocycles. The minimum Gasteiger partial charge on any atom is -0.353 e. The Balaban J connectivity index is 1.83. The van der Waals surface area contributed by atoms with Crippen LogP contribution in [-0.4, -0.2) is 24.5 Å². The standard InChI is InChI=1S/C16H23BrN2O/c1-11(13-3-5-14(17)6-4-13)9-16(20)19-15-7-8-18-12(2)10-15/h3-6,11-12,15,18H,7-10H2,1-2H3,(H,19,20). The van der Waals surface area contributed by atoms with Gasteiger partial charge in [-0.05, 0) is 49.9 Å². The van der Waals surface area contributed by atoms with E-state index < -0.39 is 0 Å². The van der Waals surface area contributed by atoms with Crippen LogP contribution in [0.4, 0.5) is 0 Å². The molecule has 0 bridgehead atoms. The zero-order valence-electron chi connectivity index (χ0n) is 12.2. The normalized spacial score (nSPS) is 24.1. The van der Waals surface area contributed by atoms with Crippen LogP contribution in [0.5, 0.6) is 0 Å². The Kier molecular flexibility index (Phi) is 5.61. The number of amides is 1. The first-order chi connectivity index (χ1) is 9.54. The Morgan fingerprint density at radius 1 is 1.45 bits per heavy atom. The van der Waals surface area contributed by atoms with Gasteiger partial charge in [0.15, 0.2) is 0 Å². The quantitative estimate of drug-likeness (QED) is 0.885. The molecule has 0 radical (unpaired) electrons. The van der Waals surface area contributed by atoms with Gasteiger partial charge in [-0.1, -0.05) is 35.0 Å². The Morgan fingerprint density at radius 3 is 2.80 bits per heavy atom. The van der Waals surface area contributed by atoms with E-state index in [0.717, 1.165) is 23.9 Å². The summed E-state index contributed by atoms with van der Waals surface area (Å²) in [5, 5.41) is 6.57. The van der Waals surface area contributed by atoms with Crippen LogP contribution in [0.25, 0.3) is 0 Å². The van der Waals surface area contributed by atoms with Crippen molar-refractivity contribution in [3.63, 3.8) is 0 Å². The Bertz CT molecular complexity index is 446. The fourth-order valence-corrected chi connectivity index (χ4v) is 3.00. The first kappa shape index (κ1) is 15.5. The van der Waals surface area contributed by atoms with Crippen molar-refractivity contribution >= 4 is 21.8 Å². The SMILES string of the molecule is CC1CC(NC(=O)CC(C)c2ccc(Br)cc2)CCN1. The van der Waals surface area contributed by atoms with Crippen LogP contribution in [-0.2, 0) is 4.79 Å². The Hall–Kier alpha value is -0.870. The summed E-state index contributed by atoms with van der Waals surface area (Å²) < 4.78 is 1.07. The monoisotopic (exact) mass is 338 g/mol. The highest BCUT2D eigenvalue weighted by molar-refractivity contribution is 9.10. The van der Waals surface area contributed by atoms with E-state index in [1.165, 1.54) is 5.56 Å². The largest absolute Gasteiger partial charge is 0.353 e. The molecule has 0 aromatic heterocycles. The average molecular weight is 339 g/mol. The van der Waals surface area contributed by atoms with E-state index in [4.69, 9.17) is 0 Å². The molecule has 1 aliphatic heterocycles. The van der Waals surface area contributed by atoms with Gasteiger partial charge >= 0.3 is 0 Å². The molecule has 1 aromatic carbocycles. The van der Waals surface area contributed by atoms with Gasteiger partial charge in [-0.15, -0.1) is 0 Å². The maximum Gasteiger partial charge on any atom is 0.220 e. The lowest BCUT2D eigenvalue weighted by Gasteiger charge is -2.29. The van der Waals surface area contributed by atoms with E-state index in [1.54, 1.807) is 0 Å². The zero-order valence-corrected chi connectivity index (χ0v) is 13.7. The van der Waals surface area contributed by atoms with E-state index in [-0.39, 0.29) is 11.8 Å². The number of benzene rings is 1. The molecule has 20 heavy (non-hydrogen) atoms. The lowest BCUT2D eigenvalue weighted by molar-refractivity contribution is -0.122. The minimum atomic E-state index is 0.166. The van der Waals surface area contributed by atoms with Crippen molar-refractivity contribution in [1.82, 2.24) is 10.6 Å². The lowest BCUT2D eigenvalue weighted by Crippen LogP contribution is -2.46. The predicted octanol–water partition coefficient (Wildman–Crippen LogP) is 3.20. The van der Waals surface area contributed by atoms with Gasteiger partial charge in [0.05, 0.1) is 0 Å². The summed E-state index contributed by atoms with van der Waals surface area (Å²) in [6, 6.07) is 9.04. The molecule has 1 heterocycles. The second kappa shape index (κ2) is 7.23. The molecular weight excluding hydrogens is 316 g/mol. The van der Waals surface area contributed by atoms with Crippen molar-refractivity contribution in [3.05, 3.63) is 34.3 Å². The topological polar surface area (TPSA) is 41.1 Å². The summed E-state index contributed by atoms with van der Waals surface area (Å²) in [6.07, 6.45) is 2.61. The first-order valence-corrected chi connectivity index (χ1v) is 8.12. The summed E-state index contributed by atoms with van der Waals surface area (Å²) in [7, 11) is 0. The Morgan fingerprint density at radius 2 is 2.15 bits per heavy atom. The zero-order chi connectivity index (χ0) is 14.5. The molecule has 1 amide bonds. The number of rotatable bonds is 4. The average Bonchev–Trinajstić information content (AvgIpc) is 2.39. The number of hydrogen-bond donors (Lipinski definition) is 2. The Labute approximate surface area is 129 Å². The van der Waals surface area contributed by atoms with Gasteiger partial charge in [0.2, 0.25) is 5.91 Å². The van der Waals surface area contributed by atoms with Crippen molar-refractivity contribution < 1.29 is 4.79 Å². The van der Waals surface area contributed by atoms with Gasteiger partial charge in [-0.25, -0.2) is 0 Å². The summed E-state index contributed by atoms with van der Waals surface area (Å²) >= 11 is 3.43. The molecule has 110 valence electrons. The highest BCUT2D eigenvalue weighted by atomic mass is 79.9. The smallest absolute Gasteiger partial charge is 0.220 e. The van der Waals surface area contributed by atoms with Crippen LogP contribution >= 0.6 is 15.9 Å². The van der Waals surface area contributed by atoms with E-state index in [0.29, 0.717) is 18.5 Å². The minimum absolute atomic E-state index is 0.166. The number of carbonyl (C=O) groups is 1.